The van der Waals surface area contributed by atoms with E-state index in [9.17, 15) is 4.79 Å². The van der Waals surface area contributed by atoms with Crippen molar-refractivity contribution >= 4 is 22.0 Å². The van der Waals surface area contributed by atoms with Crippen LogP contribution >= 0.6 is 15.9 Å². The maximum atomic E-state index is 10.2. The highest BCUT2D eigenvalue weighted by atomic mass is 79.9. The molecule has 1 amide bonds. The zero-order chi connectivity index (χ0) is 10.1. The Kier molecular flexibility index (Phi) is 8.19. The Hall–Kier alpha value is -0.250. The van der Waals surface area contributed by atoms with E-state index in [2.05, 4.69) is 28.2 Å². The van der Waals surface area contributed by atoms with Gasteiger partial charge in [-0.2, -0.15) is 0 Å². The Bertz CT molecular complexity index is 142. The van der Waals surface area contributed by atoms with Crippen LogP contribution in [0.3, 0.4) is 0 Å². The molecule has 0 fully saturated rings. The molecule has 1 unspecified atom stereocenters. The van der Waals surface area contributed by atoms with Crippen molar-refractivity contribution in [2.24, 2.45) is 0 Å². The second-order valence-corrected chi connectivity index (χ2v) is 4.23. The highest BCUT2D eigenvalue weighted by Gasteiger charge is 2.05. The fourth-order valence-corrected chi connectivity index (χ4v) is 1.65. The van der Waals surface area contributed by atoms with Gasteiger partial charge in [0.25, 0.3) is 0 Å². The lowest BCUT2D eigenvalue weighted by Crippen LogP contribution is -2.28. The molecule has 0 aliphatic heterocycles. The van der Waals surface area contributed by atoms with E-state index in [1.54, 1.807) is 0 Å². The molecular formula is C9H18BrNO2. The van der Waals surface area contributed by atoms with Crippen LogP contribution in [0.15, 0.2) is 0 Å². The summed E-state index contributed by atoms with van der Waals surface area (Å²) in [4.78, 5) is 10.1. The van der Waals surface area contributed by atoms with Gasteiger partial charge in [0.05, 0.1) is 4.95 Å². The van der Waals surface area contributed by atoms with Gasteiger partial charge in [-0.15, -0.1) is 0 Å². The van der Waals surface area contributed by atoms with Crippen LogP contribution in [0.1, 0.15) is 45.4 Å². The molecule has 0 aliphatic carbocycles. The summed E-state index contributed by atoms with van der Waals surface area (Å²) >= 11 is 3.26. The topological polar surface area (TPSA) is 49.3 Å². The van der Waals surface area contributed by atoms with E-state index in [4.69, 9.17) is 5.11 Å². The predicted octanol–water partition coefficient (Wildman–Crippen LogP) is 3.34. The lowest BCUT2D eigenvalue weighted by Gasteiger charge is -2.08. The van der Waals surface area contributed by atoms with Gasteiger partial charge in [0.2, 0.25) is 0 Å². The molecule has 0 rings (SSSR count). The molecule has 0 saturated heterocycles. The van der Waals surface area contributed by atoms with E-state index < -0.39 is 6.09 Å². The van der Waals surface area contributed by atoms with Crippen LogP contribution in [0.4, 0.5) is 4.79 Å². The molecule has 0 aromatic heterocycles. The van der Waals surface area contributed by atoms with E-state index in [1.165, 1.54) is 25.7 Å². The molecule has 0 aromatic carbocycles. The maximum absolute atomic E-state index is 10.2. The van der Waals surface area contributed by atoms with Crippen LogP contribution in [0.2, 0.25) is 0 Å². The summed E-state index contributed by atoms with van der Waals surface area (Å²) in [5.74, 6) is 0. The fraction of sp³-hybridized carbons (Fsp3) is 0.889. The largest absolute Gasteiger partial charge is 0.465 e. The van der Waals surface area contributed by atoms with Gasteiger partial charge in [0, 0.05) is 0 Å². The summed E-state index contributed by atoms with van der Waals surface area (Å²) in [6.45, 7) is 2.18. The summed E-state index contributed by atoms with van der Waals surface area (Å²) in [6, 6.07) is 0. The van der Waals surface area contributed by atoms with E-state index >= 15 is 0 Å². The highest BCUT2D eigenvalue weighted by Crippen LogP contribution is 2.10. The number of hydrogen-bond donors (Lipinski definition) is 2. The van der Waals surface area contributed by atoms with Gasteiger partial charge in [0.1, 0.15) is 0 Å². The van der Waals surface area contributed by atoms with Crippen molar-refractivity contribution in [1.82, 2.24) is 5.32 Å². The summed E-state index contributed by atoms with van der Waals surface area (Å²) in [5.41, 5.74) is 0. The summed E-state index contributed by atoms with van der Waals surface area (Å²) < 4.78 is 0. The normalized spacial score (nSPS) is 12.5. The molecule has 2 N–H and O–H groups in total. The van der Waals surface area contributed by atoms with Gasteiger partial charge < -0.3 is 10.4 Å². The van der Waals surface area contributed by atoms with E-state index in [0.29, 0.717) is 0 Å². The van der Waals surface area contributed by atoms with E-state index in [1.807, 2.05) is 0 Å². The van der Waals surface area contributed by atoms with E-state index in [-0.39, 0.29) is 4.95 Å². The number of unbranched alkanes of at least 4 members (excludes halogenated alkanes) is 4. The molecule has 0 aliphatic rings. The molecule has 0 saturated carbocycles. The van der Waals surface area contributed by atoms with Crippen LogP contribution < -0.4 is 5.32 Å². The third kappa shape index (κ3) is 9.67. The number of amides is 1. The third-order valence-electron chi connectivity index (χ3n) is 1.84. The summed E-state index contributed by atoms with van der Waals surface area (Å²) in [5, 5.41) is 10.8. The first kappa shape index (κ1) is 12.8. The van der Waals surface area contributed by atoms with Gasteiger partial charge >= 0.3 is 6.09 Å². The lowest BCUT2D eigenvalue weighted by atomic mass is 10.1. The van der Waals surface area contributed by atoms with Crippen LogP contribution in [-0.4, -0.2) is 16.2 Å². The van der Waals surface area contributed by atoms with Gasteiger partial charge in [-0.3, -0.25) is 0 Å². The molecular weight excluding hydrogens is 234 g/mol. The van der Waals surface area contributed by atoms with Crippen molar-refractivity contribution in [2.75, 3.05) is 0 Å². The molecule has 4 heteroatoms. The third-order valence-corrected chi connectivity index (χ3v) is 2.53. The molecule has 3 nitrogen and oxygen atoms in total. The molecule has 0 spiro atoms. The zero-order valence-electron chi connectivity index (χ0n) is 8.05. The molecule has 1 atom stereocenters. The Morgan fingerprint density at radius 3 is 2.54 bits per heavy atom. The molecule has 0 aromatic rings. The van der Waals surface area contributed by atoms with Crippen molar-refractivity contribution in [3.8, 4) is 0 Å². The standard InChI is InChI=1S/C9H18BrNO2/c1-2-3-4-5-6-7-8(10)11-9(12)13/h8,11H,2-7H2,1H3,(H,12,13). The number of carbonyl (C=O) groups is 1. The predicted molar refractivity (Wildman–Crippen MR) is 57.3 cm³/mol. The first-order chi connectivity index (χ1) is 6.16. The number of nitrogens with one attached hydrogen (secondary N) is 1. The quantitative estimate of drug-likeness (QED) is 0.414. The maximum Gasteiger partial charge on any atom is 0.405 e. The first-order valence-corrected chi connectivity index (χ1v) is 5.72. The molecule has 0 radical (unpaired) electrons. The molecule has 0 bridgehead atoms. The minimum atomic E-state index is -0.963. The van der Waals surface area contributed by atoms with Gasteiger partial charge in [-0.25, -0.2) is 4.79 Å². The minimum Gasteiger partial charge on any atom is -0.465 e. The second kappa shape index (κ2) is 8.35. The SMILES string of the molecule is CCCCCCCC(Br)NC(=O)O. The molecule has 78 valence electrons. The Labute approximate surface area is 88.0 Å². The van der Waals surface area contributed by atoms with Crippen LogP contribution in [-0.2, 0) is 0 Å². The van der Waals surface area contributed by atoms with Gasteiger partial charge in [-0.1, -0.05) is 55.0 Å². The van der Waals surface area contributed by atoms with Crippen molar-refractivity contribution in [3.63, 3.8) is 0 Å². The van der Waals surface area contributed by atoms with E-state index in [0.717, 1.165) is 12.8 Å². The van der Waals surface area contributed by atoms with Gasteiger partial charge in [0.15, 0.2) is 0 Å². The van der Waals surface area contributed by atoms with Crippen LogP contribution in [0.5, 0.6) is 0 Å². The average Bonchev–Trinajstić information content (AvgIpc) is 2.02. The van der Waals surface area contributed by atoms with Crippen molar-refractivity contribution < 1.29 is 9.90 Å². The van der Waals surface area contributed by atoms with Crippen LogP contribution in [0, 0.1) is 0 Å². The number of carboxylic acid groups (broad SMARTS) is 1. The fourth-order valence-electron chi connectivity index (χ4n) is 1.13. The summed E-state index contributed by atoms with van der Waals surface area (Å²) in [7, 11) is 0. The minimum absolute atomic E-state index is 0.0911. The smallest absolute Gasteiger partial charge is 0.405 e. The summed E-state index contributed by atoms with van der Waals surface area (Å²) in [6.07, 6.45) is 5.95. The van der Waals surface area contributed by atoms with Crippen molar-refractivity contribution in [3.05, 3.63) is 0 Å². The number of rotatable bonds is 7. The van der Waals surface area contributed by atoms with Crippen molar-refractivity contribution in [2.45, 2.75) is 50.4 Å². The Morgan fingerprint density at radius 2 is 2.00 bits per heavy atom. The monoisotopic (exact) mass is 251 g/mol. The molecule has 13 heavy (non-hydrogen) atoms. The lowest BCUT2D eigenvalue weighted by molar-refractivity contribution is 0.193. The Morgan fingerprint density at radius 1 is 1.38 bits per heavy atom. The average molecular weight is 252 g/mol. The van der Waals surface area contributed by atoms with Gasteiger partial charge in [-0.05, 0) is 6.42 Å². The van der Waals surface area contributed by atoms with Crippen LogP contribution in [0.25, 0.3) is 0 Å². The Balaban J connectivity index is 3.17. The highest BCUT2D eigenvalue weighted by molar-refractivity contribution is 9.09. The number of halogens is 1. The first-order valence-electron chi connectivity index (χ1n) is 4.80. The number of alkyl halides is 1. The number of hydrogen-bond acceptors (Lipinski definition) is 1. The van der Waals surface area contributed by atoms with Crippen molar-refractivity contribution in [1.29, 1.82) is 0 Å². The zero-order valence-corrected chi connectivity index (χ0v) is 9.64. The second-order valence-electron chi connectivity index (χ2n) is 3.12. The molecule has 0 heterocycles.